The quantitative estimate of drug-likeness (QED) is 0.795. The Balaban J connectivity index is 1.73. The molecule has 6 nitrogen and oxygen atoms in total. The van der Waals surface area contributed by atoms with Crippen LogP contribution in [-0.2, 0) is 4.79 Å². The van der Waals surface area contributed by atoms with Crippen molar-refractivity contribution in [2.45, 2.75) is 25.8 Å². The minimum atomic E-state index is -1.03. The monoisotopic (exact) mass is 327 g/mol. The molecule has 24 heavy (non-hydrogen) atoms. The molecular formula is C18H17NO5. The fourth-order valence-electron chi connectivity index (χ4n) is 2.51. The molecule has 124 valence electrons. The minimum Gasteiger partial charge on any atom is -0.480 e. The van der Waals surface area contributed by atoms with Gasteiger partial charge in [0.05, 0.1) is 0 Å². The lowest BCUT2D eigenvalue weighted by Gasteiger charge is -2.12. The van der Waals surface area contributed by atoms with Crippen molar-refractivity contribution in [3.05, 3.63) is 47.7 Å². The zero-order valence-corrected chi connectivity index (χ0v) is 13.1. The smallest absolute Gasteiger partial charge is 0.326 e. The minimum absolute atomic E-state index is 0.00000725. The van der Waals surface area contributed by atoms with Gasteiger partial charge in [0.25, 0.3) is 5.91 Å². The molecule has 0 bridgehead atoms. The van der Waals surface area contributed by atoms with E-state index >= 15 is 0 Å². The van der Waals surface area contributed by atoms with Gasteiger partial charge in [-0.2, -0.15) is 0 Å². The van der Waals surface area contributed by atoms with Crippen LogP contribution in [0.3, 0.4) is 0 Å². The van der Waals surface area contributed by atoms with Gasteiger partial charge in [-0.25, -0.2) is 4.79 Å². The molecule has 1 saturated carbocycles. The molecule has 1 amide bonds. The first-order valence-corrected chi connectivity index (χ1v) is 7.70. The van der Waals surface area contributed by atoms with Crippen LogP contribution in [-0.4, -0.2) is 28.8 Å². The van der Waals surface area contributed by atoms with E-state index < -0.39 is 17.9 Å². The zero-order valence-electron chi connectivity index (χ0n) is 13.1. The highest BCUT2D eigenvalue weighted by Gasteiger charge is 2.37. The predicted octanol–water partition coefficient (Wildman–Crippen LogP) is 2.74. The highest BCUT2D eigenvalue weighted by molar-refractivity contribution is 5.95. The van der Waals surface area contributed by atoms with Crippen molar-refractivity contribution in [2.75, 3.05) is 0 Å². The number of aliphatic carboxylic acids is 1. The summed E-state index contributed by atoms with van der Waals surface area (Å²) < 4.78 is 5.52. The Labute approximate surface area is 138 Å². The molecule has 1 aliphatic rings. The number of Topliss-reactive ketones (excluding diaryl/α,β-unsaturated/α-hetero) is 1. The van der Waals surface area contributed by atoms with Crippen LogP contribution < -0.4 is 5.32 Å². The van der Waals surface area contributed by atoms with E-state index in [2.05, 4.69) is 5.32 Å². The van der Waals surface area contributed by atoms with E-state index in [0.29, 0.717) is 11.3 Å². The van der Waals surface area contributed by atoms with Crippen LogP contribution in [0.5, 0.6) is 0 Å². The number of hydrogen-bond donors (Lipinski definition) is 2. The second-order valence-electron chi connectivity index (χ2n) is 5.92. The van der Waals surface area contributed by atoms with Crippen LogP contribution in [0, 0.1) is 5.92 Å². The molecule has 0 saturated heterocycles. The number of nitrogens with one attached hydrogen (secondary N) is 1. The molecule has 6 heteroatoms. The number of carboxylic acid groups (broad SMARTS) is 1. The molecular weight excluding hydrogens is 310 g/mol. The van der Waals surface area contributed by atoms with Crippen LogP contribution in [0.15, 0.2) is 40.8 Å². The molecule has 0 aliphatic heterocycles. The fourth-order valence-corrected chi connectivity index (χ4v) is 2.51. The summed E-state index contributed by atoms with van der Waals surface area (Å²) in [5.41, 5.74) is 1.33. The number of carbonyl (C=O) groups excluding carboxylic acids is 2. The standard InChI is InChI=1S/C18H17NO5/c1-10(20)11-2-4-12(5-3-11)14-8-9-15(24-14)17(21)19-16(18(22)23)13-6-7-13/h2-5,8-9,13,16H,6-7H2,1H3,(H,19,21)(H,22,23). The Hall–Kier alpha value is -2.89. The second-order valence-corrected chi connectivity index (χ2v) is 5.92. The number of carbonyl (C=O) groups is 3. The van der Waals surface area contributed by atoms with Crippen LogP contribution in [0.2, 0.25) is 0 Å². The Kier molecular flexibility index (Phi) is 4.20. The summed E-state index contributed by atoms with van der Waals surface area (Å²) in [6, 6.07) is 9.13. The molecule has 1 aromatic carbocycles. The second kappa shape index (κ2) is 6.31. The maximum atomic E-state index is 12.2. The van der Waals surface area contributed by atoms with E-state index in [4.69, 9.17) is 9.52 Å². The first kappa shape index (κ1) is 16.0. The van der Waals surface area contributed by atoms with Gasteiger partial charge < -0.3 is 14.8 Å². The van der Waals surface area contributed by atoms with Gasteiger partial charge in [-0.15, -0.1) is 0 Å². The summed E-state index contributed by atoms with van der Waals surface area (Å²) in [5.74, 6) is -1.06. The molecule has 0 radical (unpaired) electrons. The normalized spacial score (nSPS) is 14.9. The Morgan fingerprint density at radius 3 is 2.33 bits per heavy atom. The third-order valence-corrected chi connectivity index (χ3v) is 4.05. The first-order valence-electron chi connectivity index (χ1n) is 7.70. The van der Waals surface area contributed by atoms with Gasteiger partial charge in [-0.1, -0.05) is 24.3 Å². The van der Waals surface area contributed by atoms with Crippen molar-refractivity contribution < 1.29 is 23.9 Å². The van der Waals surface area contributed by atoms with Gasteiger partial charge in [0.2, 0.25) is 0 Å². The lowest BCUT2D eigenvalue weighted by molar-refractivity contribution is -0.139. The number of benzene rings is 1. The van der Waals surface area contributed by atoms with Crippen molar-refractivity contribution in [3.63, 3.8) is 0 Å². The highest BCUT2D eigenvalue weighted by Crippen LogP contribution is 2.33. The predicted molar refractivity (Wildman–Crippen MR) is 85.8 cm³/mol. The van der Waals surface area contributed by atoms with Gasteiger partial charge in [0.1, 0.15) is 11.8 Å². The Morgan fingerprint density at radius 1 is 1.12 bits per heavy atom. The summed E-state index contributed by atoms with van der Waals surface area (Å²) in [5, 5.41) is 11.7. The van der Waals surface area contributed by atoms with E-state index in [1.165, 1.54) is 13.0 Å². The van der Waals surface area contributed by atoms with E-state index in [9.17, 15) is 14.4 Å². The molecule has 1 fully saturated rings. The molecule has 3 rings (SSSR count). The van der Waals surface area contributed by atoms with E-state index in [1.54, 1.807) is 30.3 Å². The number of rotatable bonds is 6. The zero-order chi connectivity index (χ0) is 17.3. The Morgan fingerprint density at radius 2 is 1.79 bits per heavy atom. The van der Waals surface area contributed by atoms with Gasteiger partial charge in [-0.3, -0.25) is 9.59 Å². The molecule has 1 atom stereocenters. The van der Waals surface area contributed by atoms with Crippen molar-refractivity contribution in [1.82, 2.24) is 5.32 Å². The summed E-state index contributed by atoms with van der Waals surface area (Å²) in [6.45, 7) is 1.49. The number of furan rings is 1. The average molecular weight is 327 g/mol. The van der Waals surface area contributed by atoms with Crippen molar-refractivity contribution in [3.8, 4) is 11.3 Å². The van der Waals surface area contributed by atoms with E-state index in [-0.39, 0.29) is 17.5 Å². The van der Waals surface area contributed by atoms with Crippen molar-refractivity contribution in [2.24, 2.45) is 5.92 Å². The molecule has 2 aromatic rings. The number of ketones is 1. The SMILES string of the molecule is CC(=O)c1ccc(-c2ccc(C(=O)NC(C(=O)O)C3CC3)o2)cc1. The van der Waals surface area contributed by atoms with Crippen molar-refractivity contribution >= 4 is 17.7 Å². The van der Waals surface area contributed by atoms with E-state index in [1.807, 2.05) is 0 Å². The lowest BCUT2D eigenvalue weighted by Crippen LogP contribution is -2.42. The summed E-state index contributed by atoms with van der Waals surface area (Å²) in [7, 11) is 0. The Bertz CT molecular complexity index is 786. The van der Waals surface area contributed by atoms with Crippen LogP contribution in [0.4, 0.5) is 0 Å². The van der Waals surface area contributed by atoms with Crippen LogP contribution >= 0.6 is 0 Å². The maximum absolute atomic E-state index is 12.2. The lowest BCUT2D eigenvalue weighted by atomic mass is 10.1. The van der Waals surface area contributed by atoms with Gasteiger partial charge in [0.15, 0.2) is 11.5 Å². The van der Waals surface area contributed by atoms with Crippen LogP contribution in [0.1, 0.15) is 40.7 Å². The number of amides is 1. The van der Waals surface area contributed by atoms with Gasteiger partial charge in [-0.05, 0) is 37.8 Å². The topological polar surface area (TPSA) is 96.6 Å². The highest BCUT2D eigenvalue weighted by atomic mass is 16.4. The first-order chi connectivity index (χ1) is 11.5. The maximum Gasteiger partial charge on any atom is 0.326 e. The molecule has 1 aliphatic carbocycles. The molecule has 2 N–H and O–H groups in total. The molecule has 1 unspecified atom stereocenters. The van der Waals surface area contributed by atoms with Gasteiger partial charge in [0, 0.05) is 11.1 Å². The summed E-state index contributed by atoms with van der Waals surface area (Å²) in [4.78, 5) is 34.6. The number of hydrogen-bond acceptors (Lipinski definition) is 4. The third-order valence-electron chi connectivity index (χ3n) is 4.05. The summed E-state index contributed by atoms with van der Waals surface area (Å²) >= 11 is 0. The summed E-state index contributed by atoms with van der Waals surface area (Å²) in [6.07, 6.45) is 1.62. The molecule has 0 spiro atoms. The third kappa shape index (κ3) is 3.37. The van der Waals surface area contributed by atoms with Gasteiger partial charge >= 0.3 is 5.97 Å². The molecule has 1 heterocycles. The van der Waals surface area contributed by atoms with Crippen molar-refractivity contribution in [1.29, 1.82) is 0 Å². The van der Waals surface area contributed by atoms with Crippen LogP contribution in [0.25, 0.3) is 11.3 Å². The molecule has 1 aromatic heterocycles. The largest absolute Gasteiger partial charge is 0.480 e. The average Bonchev–Trinajstić information content (AvgIpc) is 3.27. The fraction of sp³-hybridized carbons (Fsp3) is 0.278. The number of carboxylic acids is 1. The van der Waals surface area contributed by atoms with E-state index in [0.717, 1.165) is 18.4 Å².